The van der Waals surface area contributed by atoms with E-state index in [4.69, 9.17) is 0 Å². The van der Waals surface area contributed by atoms with Crippen molar-refractivity contribution in [3.63, 3.8) is 0 Å². The van der Waals surface area contributed by atoms with E-state index in [1.54, 1.807) is 5.56 Å². The molecule has 1 saturated carbocycles. The van der Waals surface area contributed by atoms with Crippen LogP contribution in [0.4, 0.5) is 0 Å². The molecule has 2 aliphatic rings. The first-order chi connectivity index (χ1) is 14.2. The third-order valence-corrected chi connectivity index (χ3v) is 7.80. The van der Waals surface area contributed by atoms with Gasteiger partial charge in [0, 0.05) is 6.07 Å². The zero-order valence-electron chi connectivity index (χ0n) is 19.6. The number of aryl methyl sites for hydroxylation is 3. The predicted octanol–water partition coefficient (Wildman–Crippen LogP) is 7.18. The SMILES string of the molecule is CC1=C(c2cc(C)cc(C)c2C)c2c3c1cc(C1CCC(C)(C)C1)cc3cc[n+]2C. The fourth-order valence-corrected chi connectivity index (χ4v) is 6.02. The molecule has 1 heterocycles. The summed E-state index contributed by atoms with van der Waals surface area (Å²) in [7, 11) is 2.20. The van der Waals surface area contributed by atoms with Crippen molar-refractivity contribution >= 4 is 21.9 Å². The lowest BCUT2D eigenvalue weighted by molar-refractivity contribution is -0.672. The van der Waals surface area contributed by atoms with Crippen LogP contribution in [0.15, 0.2) is 36.5 Å². The molecule has 2 aromatic carbocycles. The van der Waals surface area contributed by atoms with Crippen molar-refractivity contribution < 1.29 is 4.57 Å². The number of hydrogen-bond acceptors (Lipinski definition) is 0. The van der Waals surface area contributed by atoms with Crippen LogP contribution in [-0.4, -0.2) is 0 Å². The minimum Gasteiger partial charge on any atom is -0.200 e. The van der Waals surface area contributed by atoms with Crippen LogP contribution >= 0.6 is 0 Å². The predicted molar refractivity (Wildman–Crippen MR) is 128 cm³/mol. The normalized spacial score (nSPS) is 19.9. The smallest absolute Gasteiger partial charge is 0.200 e. The van der Waals surface area contributed by atoms with Gasteiger partial charge in [0.1, 0.15) is 7.05 Å². The van der Waals surface area contributed by atoms with Crippen molar-refractivity contribution in [2.75, 3.05) is 0 Å². The highest BCUT2D eigenvalue weighted by Crippen LogP contribution is 2.49. The van der Waals surface area contributed by atoms with Crippen molar-refractivity contribution in [3.8, 4) is 0 Å². The van der Waals surface area contributed by atoms with Gasteiger partial charge in [0.15, 0.2) is 6.20 Å². The summed E-state index contributed by atoms with van der Waals surface area (Å²) in [6.07, 6.45) is 6.21. The van der Waals surface area contributed by atoms with Crippen molar-refractivity contribution in [3.05, 3.63) is 75.6 Å². The Balaban J connectivity index is 1.77. The molecule has 0 radical (unpaired) electrons. The van der Waals surface area contributed by atoms with Crippen molar-refractivity contribution in [2.24, 2.45) is 12.5 Å². The summed E-state index contributed by atoms with van der Waals surface area (Å²) in [6.45, 7) is 13.9. The third-order valence-electron chi connectivity index (χ3n) is 7.80. The highest BCUT2D eigenvalue weighted by atomic mass is 14.9. The minimum atomic E-state index is 0.473. The molecular weight excluding hydrogens is 362 g/mol. The zero-order valence-corrected chi connectivity index (χ0v) is 19.6. The quantitative estimate of drug-likeness (QED) is 0.404. The lowest BCUT2D eigenvalue weighted by Crippen LogP contribution is -2.32. The number of nitrogens with zero attached hydrogens (tertiary/aromatic N) is 1. The van der Waals surface area contributed by atoms with E-state index in [9.17, 15) is 0 Å². The average molecular weight is 397 g/mol. The van der Waals surface area contributed by atoms with Gasteiger partial charge in [0.05, 0.1) is 11.0 Å². The van der Waals surface area contributed by atoms with Crippen LogP contribution in [0.1, 0.15) is 85.0 Å². The molecule has 5 rings (SSSR count). The molecule has 2 aliphatic carbocycles. The van der Waals surface area contributed by atoms with Crippen LogP contribution in [0.2, 0.25) is 0 Å². The second-order valence-corrected chi connectivity index (χ2v) is 10.7. The fourth-order valence-electron chi connectivity index (χ4n) is 6.02. The van der Waals surface area contributed by atoms with Gasteiger partial charge < -0.3 is 0 Å². The van der Waals surface area contributed by atoms with E-state index in [2.05, 4.69) is 89.7 Å². The standard InChI is InChI=1S/C29H34N/c1-17-12-18(2)19(3)24(13-17)26-20(4)25-15-23(22-8-10-29(5,6)16-22)14-21-9-11-30(7)28(26)27(21)25/h9,11-15,22H,8,10,16H2,1-7H3/q+1. The summed E-state index contributed by atoms with van der Waals surface area (Å²) in [5.41, 5.74) is 13.2. The fraction of sp³-hybridized carbons (Fsp3) is 0.414. The topological polar surface area (TPSA) is 3.88 Å². The second kappa shape index (κ2) is 6.54. The molecule has 0 spiro atoms. The van der Waals surface area contributed by atoms with E-state index < -0.39 is 0 Å². The molecule has 1 nitrogen and oxygen atoms in total. The highest BCUT2D eigenvalue weighted by molar-refractivity contribution is 6.15. The zero-order chi connectivity index (χ0) is 21.4. The Labute approximate surface area is 181 Å². The van der Waals surface area contributed by atoms with Crippen LogP contribution in [0.25, 0.3) is 21.9 Å². The van der Waals surface area contributed by atoms with Crippen molar-refractivity contribution in [1.82, 2.24) is 0 Å². The van der Waals surface area contributed by atoms with Gasteiger partial charge in [-0.25, -0.2) is 4.57 Å². The first-order valence-electron chi connectivity index (χ1n) is 11.4. The largest absolute Gasteiger partial charge is 0.221 e. The molecule has 30 heavy (non-hydrogen) atoms. The van der Waals surface area contributed by atoms with Gasteiger partial charge in [0.25, 0.3) is 0 Å². The Hall–Kier alpha value is -2.41. The van der Waals surface area contributed by atoms with Gasteiger partial charge in [-0.05, 0) is 97.1 Å². The van der Waals surface area contributed by atoms with Crippen LogP contribution < -0.4 is 4.57 Å². The molecule has 1 aromatic heterocycles. The summed E-state index contributed by atoms with van der Waals surface area (Å²) in [4.78, 5) is 0. The number of aromatic nitrogens is 1. The van der Waals surface area contributed by atoms with Crippen LogP contribution in [0, 0.1) is 26.2 Å². The van der Waals surface area contributed by atoms with E-state index in [0.717, 1.165) is 0 Å². The number of hydrogen-bond donors (Lipinski definition) is 0. The maximum atomic E-state index is 2.53. The first kappa shape index (κ1) is 19.5. The highest BCUT2D eigenvalue weighted by Gasteiger charge is 2.35. The maximum Gasteiger partial charge on any atom is 0.221 e. The lowest BCUT2D eigenvalue weighted by Gasteiger charge is -2.18. The van der Waals surface area contributed by atoms with Crippen molar-refractivity contribution in [1.29, 1.82) is 0 Å². The van der Waals surface area contributed by atoms with Crippen LogP contribution in [-0.2, 0) is 7.05 Å². The van der Waals surface area contributed by atoms with E-state index >= 15 is 0 Å². The van der Waals surface area contributed by atoms with Gasteiger partial charge in [-0.3, -0.25) is 0 Å². The second-order valence-electron chi connectivity index (χ2n) is 10.7. The first-order valence-corrected chi connectivity index (χ1v) is 11.4. The Morgan fingerprint density at radius 1 is 0.967 bits per heavy atom. The van der Waals surface area contributed by atoms with Gasteiger partial charge in [-0.15, -0.1) is 0 Å². The summed E-state index contributed by atoms with van der Waals surface area (Å²) < 4.78 is 2.33. The van der Waals surface area contributed by atoms with E-state index in [1.165, 1.54) is 74.7 Å². The van der Waals surface area contributed by atoms with E-state index in [1.807, 2.05) is 0 Å². The Kier molecular flexibility index (Phi) is 4.26. The number of pyridine rings is 1. The van der Waals surface area contributed by atoms with Crippen LogP contribution in [0.3, 0.4) is 0 Å². The van der Waals surface area contributed by atoms with Crippen LogP contribution in [0.5, 0.6) is 0 Å². The Morgan fingerprint density at radius 3 is 2.43 bits per heavy atom. The molecule has 1 heteroatoms. The van der Waals surface area contributed by atoms with Gasteiger partial charge in [-0.1, -0.05) is 43.7 Å². The summed E-state index contributed by atoms with van der Waals surface area (Å²) in [5, 5.41) is 2.84. The van der Waals surface area contributed by atoms with E-state index in [0.29, 0.717) is 11.3 Å². The van der Waals surface area contributed by atoms with Gasteiger partial charge in [0.2, 0.25) is 5.69 Å². The molecule has 1 unspecified atom stereocenters. The molecule has 3 aromatic rings. The molecule has 1 atom stereocenters. The molecule has 0 aliphatic heterocycles. The number of benzene rings is 2. The summed E-state index contributed by atoms with van der Waals surface area (Å²) in [6, 6.07) is 12.0. The van der Waals surface area contributed by atoms with Crippen molar-refractivity contribution in [2.45, 2.75) is 66.7 Å². The maximum absolute atomic E-state index is 2.53. The number of rotatable bonds is 2. The molecule has 154 valence electrons. The Morgan fingerprint density at radius 2 is 1.73 bits per heavy atom. The number of allylic oxidation sites excluding steroid dienone is 1. The van der Waals surface area contributed by atoms with Gasteiger partial charge in [-0.2, -0.15) is 0 Å². The Bertz CT molecular complexity index is 1240. The monoisotopic (exact) mass is 396 g/mol. The molecular formula is C29H34N+. The molecule has 0 saturated heterocycles. The lowest BCUT2D eigenvalue weighted by atomic mass is 9.87. The molecule has 1 fully saturated rings. The summed E-state index contributed by atoms with van der Waals surface area (Å²) >= 11 is 0. The summed E-state index contributed by atoms with van der Waals surface area (Å²) in [5.74, 6) is 0.692. The molecule has 0 N–H and O–H groups in total. The van der Waals surface area contributed by atoms with Gasteiger partial charge >= 0.3 is 0 Å². The minimum absolute atomic E-state index is 0.473. The average Bonchev–Trinajstić information content (AvgIpc) is 3.19. The third kappa shape index (κ3) is 2.86. The molecule has 0 amide bonds. The van der Waals surface area contributed by atoms with E-state index in [-0.39, 0.29) is 0 Å². The molecule has 0 bridgehead atoms.